The number of aliphatic hydroxyl groups excluding tert-OH is 1. The first-order valence-corrected chi connectivity index (χ1v) is 37.9. The summed E-state index contributed by atoms with van der Waals surface area (Å²) in [5.41, 5.74) is 0. The maximum Gasteiger partial charge on any atom is 0.472 e. The lowest BCUT2D eigenvalue weighted by atomic mass is 10.0. The Morgan fingerprint density at radius 3 is 1.06 bits per heavy atom. The highest BCUT2D eigenvalue weighted by molar-refractivity contribution is 7.47. The van der Waals surface area contributed by atoms with Crippen LogP contribution in [-0.4, -0.2) is 73.4 Å². The van der Waals surface area contributed by atoms with Crippen molar-refractivity contribution in [3.63, 3.8) is 0 Å². The predicted octanol–water partition coefficient (Wildman–Crippen LogP) is 23.6. The molecule has 0 radical (unpaired) electrons. The molecular formula is C78H140N2O6P+. The van der Waals surface area contributed by atoms with Crippen LogP contribution in [0.3, 0.4) is 0 Å². The maximum absolute atomic E-state index is 13.1. The fourth-order valence-corrected chi connectivity index (χ4v) is 11.0. The van der Waals surface area contributed by atoms with Gasteiger partial charge in [-0.1, -0.05) is 334 Å². The summed E-state index contributed by atoms with van der Waals surface area (Å²) in [7, 11) is 1.55. The molecule has 0 aromatic heterocycles. The van der Waals surface area contributed by atoms with Gasteiger partial charge in [-0.25, -0.2) is 4.57 Å². The summed E-state index contributed by atoms with van der Waals surface area (Å²) < 4.78 is 23.8. The molecule has 0 fully saturated rings. The van der Waals surface area contributed by atoms with Crippen molar-refractivity contribution >= 4 is 13.7 Å². The molecule has 3 N–H and O–H groups in total. The number of aliphatic hydroxyl groups is 1. The van der Waals surface area contributed by atoms with E-state index in [-0.39, 0.29) is 19.1 Å². The highest BCUT2D eigenvalue weighted by Gasteiger charge is 2.28. The van der Waals surface area contributed by atoms with Gasteiger partial charge in [0.15, 0.2) is 0 Å². The highest BCUT2D eigenvalue weighted by atomic mass is 31.2. The van der Waals surface area contributed by atoms with Crippen LogP contribution in [0, 0.1) is 0 Å². The molecule has 0 aromatic carbocycles. The van der Waals surface area contributed by atoms with Crippen LogP contribution >= 0.6 is 7.82 Å². The van der Waals surface area contributed by atoms with Gasteiger partial charge in [-0.05, 0) is 96.3 Å². The third kappa shape index (κ3) is 70.2. The third-order valence-corrected chi connectivity index (χ3v) is 16.9. The molecule has 8 nitrogen and oxygen atoms in total. The summed E-state index contributed by atoms with van der Waals surface area (Å²) in [6, 6.07) is -0.876. The number of allylic oxidation sites excluding steroid dienone is 19. The number of carbonyl (C=O) groups excluding carboxylic acids is 1. The number of nitrogens with one attached hydrogen (secondary N) is 1. The topological polar surface area (TPSA) is 105 Å². The van der Waals surface area contributed by atoms with Gasteiger partial charge in [-0.2, -0.15) is 0 Å². The standard InChI is InChI=1S/C78H139N2O6P/c1-6-8-10-12-14-16-18-20-22-24-26-28-30-32-34-36-38-39-40-41-42-44-46-48-50-52-54-56-58-60-62-64-66-68-70-72-78(82)79-76(75-86-87(83,84)85-74-73-80(3,4)5)77(81)71-69-67-65-63-61-59-57-55-53-51-49-47-45-43-37-35-33-31-29-27-25-23-21-19-17-15-13-11-9-7-2/h8,10,14,16,20,22,26,28,32,34,38-39,41-42,46,48,61,63,69,71,76-77,81H,6-7,9,11-13,15,17-19,21,23-25,27,29-31,33,35-37,40,43-45,47,49-60,62,64-68,70,72-75H2,1-5H3,(H-,79,82,83,84)/p+1/b10-8-,16-14-,22-20-,28-26-,34-32-,39-38-,42-41-,48-46-,63-61+,71-69+. The molecule has 0 aliphatic rings. The Kier molecular flexibility index (Phi) is 64.9. The van der Waals surface area contributed by atoms with Crippen LogP contribution in [0.25, 0.3) is 0 Å². The number of phosphoric acid groups is 1. The van der Waals surface area contributed by atoms with Gasteiger partial charge < -0.3 is 19.8 Å². The fourth-order valence-electron chi connectivity index (χ4n) is 10.3. The SMILES string of the molecule is CC/C=C\C/C=C\C/C=C\C/C=C\C/C=C\C/C=C\C/C=C\C/C=C\CCCCCCCCCCCCC(=O)NC(COP(=O)(O)OCC[N+](C)(C)C)C(O)/C=C/CC/C=C/CCCCCCCCCCCCCCCCCCCCCCCCCC. The average Bonchev–Trinajstić information content (AvgIpc) is 3.70. The Labute approximate surface area is 539 Å². The van der Waals surface area contributed by atoms with E-state index in [9.17, 15) is 19.4 Å². The molecule has 87 heavy (non-hydrogen) atoms. The van der Waals surface area contributed by atoms with Crippen LogP contribution in [0.1, 0.15) is 316 Å². The van der Waals surface area contributed by atoms with Gasteiger partial charge in [0, 0.05) is 6.42 Å². The summed E-state index contributed by atoms with van der Waals surface area (Å²) >= 11 is 0. The Morgan fingerprint density at radius 2 is 0.701 bits per heavy atom. The molecule has 1 amide bonds. The summed E-state index contributed by atoms with van der Waals surface area (Å²) in [4.78, 5) is 23.4. The second-order valence-corrected chi connectivity index (χ2v) is 27.0. The lowest BCUT2D eigenvalue weighted by molar-refractivity contribution is -0.870. The van der Waals surface area contributed by atoms with Crippen LogP contribution in [0.15, 0.2) is 122 Å². The van der Waals surface area contributed by atoms with E-state index >= 15 is 0 Å². The molecule has 0 saturated carbocycles. The number of nitrogens with zero attached hydrogens (tertiary/aromatic N) is 1. The number of rotatable bonds is 66. The van der Waals surface area contributed by atoms with Gasteiger partial charge in [0.25, 0.3) is 0 Å². The van der Waals surface area contributed by atoms with Crippen molar-refractivity contribution < 1.29 is 32.9 Å². The van der Waals surface area contributed by atoms with Crippen molar-refractivity contribution in [1.29, 1.82) is 0 Å². The van der Waals surface area contributed by atoms with Crippen LogP contribution in [0.4, 0.5) is 0 Å². The first-order valence-electron chi connectivity index (χ1n) is 36.4. The van der Waals surface area contributed by atoms with E-state index in [0.29, 0.717) is 17.4 Å². The van der Waals surface area contributed by atoms with E-state index < -0.39 is 20.0 Å². The van der Waals surface area contributed by atoms with Gasteiger partial charge in [0.05, 0.1) is 39.9 Å². The maximum atomic E-state index is 13.1. The number of quaternary nitrogens is 1. The van der Waals surface area contributed by atoms with E-state index in [1.165, 1.54) is 199 Å². The normalized spacial score (nSPS) is 14.3. The molecule has 3 unspecified atom stereocenters. The second-order valence-electron chi connectivity index (χ2n) is 25.6. The quantitative estimate of drug-likeness (QED) is 0.0243. The monoisotopic (exact) mass is 1230 g/mol. The lowest BCUT2D eigenvalue weighted by Crippen LogP contribution is -2.45. The van der Waals surface area contributed by atoms with Gasteiger partial charge >= 0.3 is 7.82 Å². The summed E-state index contributed by atoms with van der Waals surface area (Å²) in [5, 5.41) is 14.0. The molecule has 0 rings (SSSR count). The first kappa shape index (κ1) is 83.9. The van der Waals surface area contributed by atoms with E-state index in [0.717, 1.165) is 96.3 Å². The van der Waals surface area contributed by atoms with Crippen molar-refractivity contribution in [2.24, 2.45) is 0 Å². The number of carbonyl (C=O) groups is 1. The van der Waals surface area contributed by atoms with Crippen molar-refractivity contribution in [3.8, 4) is 0 Å². The molecule has 0 saturated heterocycles. The van der Waals surface area contributed by atoms with E-state index in [1.54, 1.807) is 6.08 Å². The zero-order chi connectivity index (χ0) is 63.4. The summed E-state index contributed by atoms with van der Waals surface area (Å²) in [6.45, 7) is 4.70. The smallest absolute Gasteiger partial charge is 0.387 e. The predicted molar refractivity (Wildman–Crippen MR) is 382 cm³/mol. The first-order chi connectivity index (χ1) is 42.5. The van der Waals surface area contributed by atoms with Gasteiger partial charge in [0.2, 0.25) is 5.91 Å². The fraction of sp³-hybridized carbons (Fsp3) is 0.731. The number of hydrogen-bond donors (Lipinski definition) is 3. The Bertz CT molecular complexity index is 1840. The van der Waals surface area contributed by atoms with Gasteiger partial charge in [-0.15, -0.1) is 0 Å². The average molecular weight is 1230 g/mol. The number of likely N-dealkylation sites (N-methyl/N-ethyl adjacent to an activating group) is 1. The Hall–Kier alpha value is -3.10. The highest BCUT2D eigenvalue weighted by Crippen LogP contribution is 2.43. The number of amides is 1. The molecule has 0 aromatic rings. The van der Waals surface area contributed by atoms with E-state index in [1.807, 2.05) is 27.2 Å². The van der Waals surface area contributed by atoms with Crippen LogP contribution < -0.4 is 5.32 Å². The molecule has 502 valence electrons. The van der Waals surface area contributed by atoms with Crippen LogP contribution in [-0.2, 0) is 18.4 Å². The molecular weight excluding hydrogens is 1090 g/mol. The van der Waals surface area contributed by atoms with Gasteiger partial charge in [0.1, 0.15) is 13.2 Å². The van der Waals surface area contributed by atoms with Gasteiger partial charge in [-0.3, -0.25) is 13.8 Å². The zero-order valence-corrected chi connectivity index (χ0v) is 58.4. The number of phosphoric ester groups is 1. The molecule has 0 spiro atoms. The zero-order valence-electron chi connectivity index (χ0n) is 57.5. The summed E-state index contributed by atoms with van der Waals surface area (Å²) in [5.74, 6) is -0.193. The van der Waals surface area contributed by atoms with E-state index in [2.05, 4.69) is 129 Å². The Morgan fingerprint density at radius 1 is 0.402 bits per heavy atom. The second kappa shape index (κ2) is 67.3. The van der Waals surface area contributed by atoms with E-state index in [4.69, 9.17) is 9.05 Å². The minimum atomic E-state index is -4.37. The minimum absolute atomic E-state index is 0.0502. The van der Waals surface area contributed by atoms with Crippen molar-refractivity contribution in [3.05, 3.63) is 122 Å². The van der Waals surface area contributed by atoms with Crippen molar-refractivity contribution in [2.45, 2.75) is 328 Å². The van der Waals surface area contributed by atoms with Crippen molar-refractivity contribution in [2.75, 3.05) is 40.9 Å². The Balaban J connectivity index is 4.14. The molecule has 0 heterocycles. The van der Waals surface area contributed by atoms with Crippen molar-refractivity contribution in [1.82, 2.24) is 5.32 Å². The lowest BCUT2D eigenvalue weighted by Gasteiger charge is -2.25. The molecule has 9 heteroatoms. The molecule has 3 atom stereocenters. The number of unbranched alkanes of at least 4 members (excludes halogenated alkanes) is 35. The summed E-state index contributed by atoms with van der Waals surface area (Å²) in [6.07, 6.45) is 101. The largest absolute Gasteiger partial charge is 0.472 e. The minimum Gasteiger partial charge on any atom is -0.387 e. The van der Waals surface area contributed by atoms with Crippen LogP contribution in [0.5, 0.6) is 0 Å². The molecule has 0 bridgehead atoms. The van der Waals surface area contributed by atoms with Crippen LogP contribution in [0.2, 0.25) is 0 Å². The molecule has 0 aliphatic heterocycles. The third-order valence-electron chi connectivity index (χ3n) is 15.9. The number of hydrogen-bond acceptors (Lipinski definition) is 5. The molecule has 0 aliphatic carbocycles.